The van der Waals surface area contributed by atoms with Gasteiger partial charge in [0.2, 0.25) is 0 Å². The Balaban J connectivity index is 1.59. The molecule has 1 aromatic heterocycles. The molecule has 8 heteroatoms. The van der Waals surface area contributed by atoms with Crippen LogP contribution in [-0.4, -0.2) is 62.0 Å². The van der Waals surface area contributed by atoms with Gasteiger partial charge >= 0.3 is 0 Å². The van der Waals surface area contributed by atoms with Crippen molar-refractivity contribution in [3.05, 3.63) is 81.1 Å². The molecule has 0 spiro atoms. The van der Waals surface area contributed by atoms with Crippen LogP contribution in [0, 0.1) is 13.8 Å². The van der Waals surface area contributed by atoms with Crippen molar-refractivity contribution in [1.29, 1.82) is 0 Å². The van der Waals surface area contributed by atoms with Gasteiger partial charge in [-0.1, -0.05) is 12.1 Å². The molecule has 3 heterocycles. The van der Waals surface area contributed by atoms with Crippen molar-refractivity contribution in [2.75, 3.05) is 50.1 Å². The van der Waals surface area contributed by atoms with E-state index in [1.807, 2.05) is 61.7 Å². The lowest BCUT2D eigenvalue weighted by molar-refractivity contribution is -0.132. The van der Waals surface area contributed by atoms with Crippen LogP contribution >= 0.6 is 11.3 Å². The van der Waals surface area contributed by atoms with Gasteiger partial charge in [0.1, 0.15) is 17.6 Å². The molecule has 2 aliphatic heterocycles. The van der Waals surface area contributed by atoms with Crippen LogP contribution in [0.15, 0.2) is 59.5 Å². The summed E-state index contributed by atoms with van der Waals surface area (Å²) in [7, 11) is 3.65. The molecule has 2 aromatic carbocycles. The number of carbonyl (C=O) groups is 2. The quantitative estimate of drug-likeness (QED) is 0.299. The fraction of sp³-hybridized carbons (Fsp3) is 0.310. The standard InChI is InChI=1S/C29H31N3O4S/c1-18-16-19(2)28(36-4)22(17-18)26(33)24-25(23-6-5-15-37-23)32(29(35)27(24)34)21-9-7-20(8-10-21)31-13-11-30(3)12-14-31/h5-10,15-17,25,33H,11-14H2,1-4H3/b26-24-. The summed E-state index contributed by atoms with van der Waals surface area (Å²) in [6.07, 6.45) is 0. The predicted octanol–water partition coefficient (Wildman–Crippen LogP) is 4.75. The number of likely N-dealkylation sites (N-methyl/N-ethyl adjacent to an activating group) is 1. The number of carbonyl (C=O) groups excluding carboxylic acids is 2. The van der Waals surface area contributed by atoms with Crippen molar-refractivity contribution in [3.8, 4) is 5.75 Å². The molecule has 192 valence electrons. The van der Waals surface area contributed by atoms with Crippen LogP contribution in [-0.2, 0) is 9.59 Å². The summed E-state index contributed by atoms with van der Waals surface area (Å²) in [5, 5.41) is 13.4. The second-order valence-corrected chi connectivity index (χ2v) is 10.6. The number of aliphatic hydroxyl groups is 1. The van der Waals surface area contributed by atoms with E-state index in [-0.39, 0.29) is 11.3 Å². The molecule has 37 heavy (non-hydrogen) atoms. The first kappa shape index (κ1) is 25.0. The van der Waals surface area contributed by atoms with Gasteiger partial charge in [-0.3, -0.25) is 14.5 Å². The van der Waals surface area contributed by atoms with E-state index >= 15 is 0 Å². The zero-order valence-electron chi connectivity index (χ0n) is 21.5. The second kappa shape index (κ2) is 10.0. The molecule has 2 saturated heterocycles. The van der Waals surface area contributed by atoms with Crippen molar-refractivity contribution >= 4 is 40.2 Å². The molecule has 5 rings (SSSR count). The summed E-state index contributed by atoms with van der Waals surface area (Å²) in [5.74, 6) is -1.11. The van der Waals surface area contributed by atoms with Gasteiger partial charge in [0.15, 0.2) is 0 Å². The third-order valence-corrected chi connectivity index (χ3v) is 8.06. The number of aliphatic hydroxyl groups excluding tert-OH is 1. The highest BCUT2D eigenvalue weighted by Crippen LogP contribution is 2.45. The fourth-order valence-electron chi connectivity index (χ4n) is 5.25. The fourth-order valence-corrected chi connectivity index (χ4v) is 6.07. The van der Waals surface area contributed by atoms with Crippen LogP contribution in [0.1, 0.15) is 27.6 Å². The van der Waals surface area contributed by atoms with Crippen molar-refractivity contribution < 1.29 is 19.4 Å². The molecule has 7 nitrogen and oxygen atoms in total. The SMILES string of the molecule is COc1c(C)cc(C)cc1/C(O)=C1/C(=O)C(=O)N(c2ccc(N3CCN(C)CC3)cc2)C1c1cccs1. The number of hydrogen-bond donors (Lipinski definition) is 1. The Morgan fingerprint density at radius 1 is 1.00 bits per heavy atom. The molecule has 1 amide bonds. The number of ether oxygens (including phenoxy) is 1. The van der Waals surface area contributed by atoms with E-state index in [9.17, 15) is 14.7 Å². The molecule has 3 aromatic rings. The highest BCUT2D eigenvalue weighted by molar-refractivity contribution is 7.10. The van der Waals surface area contributed by atoms with Crippen LogP contribution in [0.3, 0.4) is 0 Å². The van der Waals surface area contributed by atoms with Gasteiger partial charge in [-0.05, 0) is 73.8 Å². The third kappa shape index (κ3) is 4.51. The zero-order chi connectivity index (χ0) is 26.3. The summed E-state index contributed by atoms with van der Waals surface area (Å²) < 4.78 is 5.58. The number of aryl methyl sites for hydroxylation is 2. The van der Waals surface area contributed by atoms with Gasteiger partial charge in [0, 0.05) is 42.4 Å². The van der Waals surface area contributed by atoms with Gasteiger partial charge in [-0.15, -0.1) is 11.3 Å². The molecule has 2 aliphatic rings. The number of thiophene rings is 1. The maximum absolute atomic E-state index is 13.5. The normalized spacial score (nSPS) is 20.1. The van der Waals surface area contributed by atoms with Crippen molar-refractivity contribution in [2.45, 2.75) is 19.9 Å². The zero-order valence-corrected chi connectivity index (χ0v) is 22.3. The number of ketones is 1. The molecule has 0 aliphatic carbocycles. The number of benzene rings is 2. The third-order valence-electron chi connectivity index (χ3n) is 7.13. The average molecular weight is 518 g/mol. The van der Waals surface area contributed by atoms with Crippen molar-refractivity contribution in [3.63, 3.8) is 0 Å². The number of amides is 1. The lowest BCUT2D eigenvalue weighted by Crippen LogP contribution is -2.44. The van der Waals surface area contributed by atoms with E-state index < -0.39 is 17.7 Å². The first-order valence-corrected chi connectivity index (χ1v) is 13.2. The van der Waals surface area contributed by atoms with E-state index in [2.05, 4.69) is 16.8 Å². The summed E-state index contributed by atoms with van der Waals surface area (Å²) in [6.45, 7) is 7.67. The number of anilines is 2. The number of Topliss-reactive ketones (excluding diaryl/α,β-unsaturated/α-hetero) is 1. The maximum Gasteiger partial charge on any atom is 0.300 e. The van der Waals surface area contributed by atoms with E-state index in [0.29, 0.717) is 17.0 Å². The molecular weight excluding hydrogens is 486 g/mol. The Kier molecular flexibility index (Phi) is 6.79. The summed E-state index contributed by atoms with van der Waals surface area (Å²) in [6, 6.07) is 14.5. The minimum absolute atomic E-state index is 0.0684. The van der Waals surface area contributed by atoms with E-state index in [4.69, 9.17) is 4.74 Å². The van der Waals surface area contributed by atoms with Crippen LogP contribution < -0.4 is 14.5 Å². The Bertz CT molecular complexity index is 1360. The van der Waals surface area contributed by atoms with Gasteiger partial charge < -0.3 is 19.6 Å². The first-order chi connectivity index (χ1) is 17.8. The predicted molar refractivity (Wildman–Crippen MR) is 148 cm³/mol. The van der Waals surface area contributed by atoms with Crippen molar-refractivity contribution in [1.82, 2.24) is 4.90 Å². The van der Waals surface area contributed by atoms with Crippen molar-refractivity contribution in [2.24, 2.45) is 0 Å². The van der Waals surface area contributed by atoms with E-state index in [0.717, 1.165) is 47.9 Å². The van der Waals surface area contributed by atoms with E-state index in [1.54, 1.807) is 6.07 Å². The molecule has 0 saturated carbocycles. The van der Waals surface area contributed by atoms with Crippen LogP contribution in [0.4, 0.5) is 11.4 Å². The molecule has 0 bridgehead atoms. The summed E-state index contributed by atoms with van der Waals surface area (Å²) in [4.78, 5) is 33.8. The minimum Gasteiger partial charge on any atom is -0.507 e. The second-order valence-electron chi connectivity index (χ2n) is 9.65. The number of nitrogens with zero attached hydrogens (tertiary/aromatic N) is 3. The number of hydrogen-bond acceptors (Lipinski definition) is 7. The van der Waals surface area contributed by atoms with Crippen LogP contribution in [0.25, 0.3) is 5.76 Å². The monoisotopic (exact) mass is 517 g/mol. The first-order valence-electron chi connectivity index (χ1n) is 12.3. The summed E-state index contributed by atoms with van der Waals surface area (Å²) in [5.41, 5.74) is 3.93. The number of piperazine rings is 1. The molecule has 2 fully saturated rings. The average Bonchev–Trinajstić information content (AvgIpc) is 3.51. The van der Waals surface area contributed by atoms with Crippen LogP contribution in [0.5, 0.6) is 5.75 Å². The van der Waals surface area contributed by atoms with E-state index in [1.165, 1.54) is 23.3 Å². The highest BCUT2D eigenvalue weighted by Gasteiger charge is 2.47. The lowest BCUT2D eigenvalue weighted by Gasteiger charge is -2.34. The molecule has 0 radical (unpaired) electrons. The maximum atomic E-state index is 13.5. The number of rotatable bonds is 5. The molecule has 1 unspecified atom stereocenters. The van der Waals surface area contributed by atoms with Gasteiger partial charge in [0.25, 0.3) is 11.7 Å². The minimum atomic E-state index is -0.736. The Hall–Kier alpha value is -3.62. The van der Waals surface area contributed by atoms with Gasteiger partial charge in [0.05, 0.1) is 18.2 Å². The topological polar surface area (TPSA) is 73.3 Å². The van der Waals surface area contributed by atoms with Crippen LogP contribution in [0.2, 0.25) is 0 Å². The van der Waals surface area contributed by atoms with Gasteiger partial charge in [-0.25, -0.2) is 0 Å². The Labute approximate surface area is 221 Å². The smallest absolute Gasteiger partial charge is 0.300 e. The van der Waals surface area contributed by atoms with Gasteiger partial charge in [-0.2, -0.15) is 0 Å². The summed E-state index contributed by atoms with van der Waals surface area (Å²) >= 11 is 1.45. The molecule has 1 N–H and O–H groups in total. The Morgan fingerprint density at radius 2 is 1.68 bits per heavy atom. The lowest BCUT2D eigenvalue weighted by atomic mass is 9.96. The Morgan fingerprint density at radius 3 is 2.30 bits per heavy atom. The molecule has 1 atom stereocenters. The number of methoxy groups -OCH3 is 1. The highest BCUT2D eigenvalue weighted by atomic mass is 32.1. The largest absolute Gasteiger partial charge is 0.507 e. The molecular formula is C29H31N3O4S.